The minimum atomic E-state index is -0.327. The average Bonchev–Trinajstić information content (AvgIpc) is 2.65. The number of hydrazone groups is 1. The molecule has 7 heteroatoms. The van der Waals surface area contributed by atoms with Crippen LogP contribution in [0.1, 0.15) is 31.9 Å². The second kappa shape index (κ2) is 8.71. The standard InChI is InChI=1S/C22H23Br2N3O2/c1-14-11-22(2,3)27(4)19-7-5-15(9-17(14)19)12-25-26-21(28)13-29-20-8-6-16(23)10-18(20)24/h5-12H,13H2,1-4H3,(H,26,28)/b25-12+. The Morgan fingerprint density at radius 3 is 2.72 bits per heavy atom. The molecule has 0 aromatic heterocycles. The first-order valence-electron chi connectivity index (χ1n) is 9.15. The smallest absolute Gasteiger partial charge is 0.277 e. The van der Waals surface area contributed by atoms with Crippen molar-refractivity contribution in [1.82, 2.24) is 5.43 Å². The van der Waals surface area contributed by atoms with E-state index in [0.717, 1.165) is 14.5 Å². The van der Waals surface area contributed by atoms with Gasteiger partial charge in [-0.25, -0.2) is 5.43 Å². The van der Waals surface area contributed by atoms with Gasteiger partial charge >= 0.3 is 0 Å². The highest BCUT2D eigenvalue weighted by molar-refractivity contribution is 9.11. The van der Waals surface area contributed by atoms with Gasteiger partial charge in [0.05, 0.1) is 16.2 Å². The SMILES string of the molecule is CC1=CC(C)(C)N(C)c2ccc(/C=N/NC(=O)COc3ccc(Br)cc3Br)cc21. The molecule has 1 aliphatic rings. The van der Waals surface area contributed by atoms with Crippen LogP contribution in [0, 0.1) is 0 Å². The van der Waals surface area contributed by atoms with Crippen LogP contribution in [0.3, 0.4) is 0 Å². The molecule has 0 saturated carbocycles. The van der Waals surface area contributed by atoms with Gasteiger partial charge in [-0.05, 0) is 78.2 Å². The fourth-order valence-corrected chi connectivity index (χ4v) is 4.37. The summed E-state index contributed by atoms with van der Waals surface area (Å²) < 4.78 is 7.21. The third-order valence-electron chi connectivity index (χ3n) is 4.90. The molecule has 1 amide bonds. The van der Waals surface area contributed by atoms with Crippen molar-refractivity contribution in [1.29, 1.82) is 0 Å². The monoisotopic (exact) mass is 519 g/mol. The lowest BCUT2D eigenvalue weighted by atomic mass is 9.89. The molecule has 0 aliphatic carbocycles. The van der Waals surface area contributed by atoms with E-state index in [1.165, 1.54) is 16.8 Å². The van der Waals surface area contributed by atoms with E-state index >= 15 is 0 Å². The van der Waals surface area contributed by atoms with Gasteiger partial charge < -0.3 is 9.64 Å². The average molecular weight is 521 g/mol. The summed E-state index contributed by atoms with van der Waals surface area (Å²) in [5, 5.41) is 4.06. The molecule has 1 N–H and O–H groups in total. The number of allylic oxidation sites excluding steroid dienone is 1. The normalized spacial score (nSPS) is 15.1. The van der Waals surface area contributed by atoms with E-state index in [9.17, 15) is 4.79 Å². The van der Waals surface area contributed by atoms with Crippen LogP contribution in [0.5, 0.6) is 5.75 Å². The summed E-state index contributed by atoms with van der Waals surface area (Å²) in [5.41, 5.74) is 6.98. The zero-order valence-corrected chi connectivity index (χ0v) is 20.0. The molecule has 152 valence electrons. The number of anilines is 1. The van der Waals surface area contributed by atoms with Gasteiger partial charge in [-0.2, -0.15) is 5.10 Å². The lowest BCUT2D eigenvalue weighted by molar-refractivity contribution is -0.123. The predicted molar refractivity (Wildman–Crippen MR) is 126 cm³/mol. The first kappa shape index (κ1) is 21.6. The molecular formula is C22H23Br2N3O2. The van der Waals surface area contributed by atoms with Crippen molar-refractivity contribution in [2.75, 3.05) is 18.6 Å². The van der Waals surface area contributed by atoms with Crippen molar-refractivity contribution in [2.24, 2.45) is 5.10 Å². The van der Waals surface area contributed by atoms with Crippen LogP contribution in [0.25, 0.3) is 5.57 Å². The van der Waals surface area contributed by atoms with Crippen molar-refractivity contribution in [3.05, 3.63) is 62.5 Å². The number of likely N-dealkylation sites (N-methyl/N-ethyl adjacent to an activating group) is 1. The fraction of sp³-hybridized carbons (Fsp3) is 0.273. The van der Waals surface area contributed by atoms with Crippen LogP contribution < -0.4 is 15.1 Å². The minimum Gasteiger partial charge on any atom is -0.483 e. The quantitative estimate of drug-likeness (QED) is 0.425. The third kappa shape index (κ3) is 5.08. The second-order valence-corrected chi connectivity index (χ2v) is 9.24. The molecule has 2 aromatic carbocycles. The summed E-state index contributed by atoms with van der Waals surface area (Å²) in [5.74, 6) is 0.267. The lowest BCUT2D eigenvalue weighted by Crippen LogP contribution is -2.42. The maximum atomic E-state index is 12.0. The summed E-state index contributed by atoms with van der Waals surface area (Å²) in [7, 11) is 2.10. The Bertz CT molecular complexity index is 1000. The van der Waals surface area contributed by atoms with Crippen molar-refractivity contribution >= 4 is 55.2 Å². The molecule has 0 fully saturated rings. The third-order valence-corrected chi connectivity index (χ3v) is 6.01. The van der Waals surface area contributed by atoms with Gasteiger partial charge in [0.1, 0.15) is 5.75 Å². The largest absolute Gasteiger partial charge is 0.483 e. The van der Waals surface area contributed by atoms with Crippen LogP contribution in [-0.4, -0.2) is 31.3 Å². The summed E-state index contributed by atoms with van der Waals surface area (Å²) in [6.07, 6.45) is 3.90. The van der Waals surface area contributed by atoms with E-state index in [1.807, 2.05) is 18.2 Å². The number of nitrogens with zero attached hydrogens (tertiary/aromatic N) is 2. The Labute approximate surface area is 188 Å². The summed E-state index contributed by atoms with van der Waals surface area (Å²) >= 11 is 6.78. The van der Waals surface area contributed by atoms with E-state index in [2.05, 4.69) is 93.3 Å². The molecule has 0 saturated heterocycles. The number of nitrogens with one attached hydrogen (secondary N) is 1. The number of amides is 1. The van der Waals surface area contributed by atoms with Crippen LogP contribution in [0.2, 0.25) is 0 Å². The molecule has 0 spiro atoms. The highest BCUT2D eigenvalue weighted by Crippen LogP contribution is 2.37. The molecule has 2 aromatic rings. The van der Waals surface area contributed by atoms with Gasteiger partial charge in [0.25, 0.3) is 5.91 Å². The van der Waals surface area contributed by atoms with E-state index in [0.29, 0.717) is 5.75 Å². The van der Waals surface area contributed by atoms with E-state index < -0.39 is 0 Å². The molecule has 0 unspecified atom stereocenters. The number of rotatable bonds is 5. The lowest BCUT2D eigenvalue weighted by Gasteiger charge is -2.40. The Morgan fingerprint density at radius 1 is 1.24 bits per heavy atom. The van der Waals surface area contributed by atoms with Crippen LogP contribution in [-0.2, 0) is 4.79 Å². The molecular weight excluding hydrogens is 498 g/mol. The van der Waals surface area contributed by atoms with Gasteiger partial charge in [-0.15, -0.1) is 0 Å². The summed E-state index contributed by atoms with van der Waals surface area (Å²) in [6.45, 7) is 6.38. The molecule has 0 radical (unpaired) electrons. The van der Waals surface area contributed by atoms with Crippen molar-refractivity contribution in [2.45, 2.75) is 26.3 Å². The summed E-state index contributed by atoms with van der Waals surface area (Å²) in [4.78, 5) is 14.3. The number of benzene rings is 2. The number of halogens is 2. The Morgan fingerprint density at radius 2 is 2.00 bits per heavy atom. The van der Waals surface area contributed by atoms with Crippen LogP contribution >= 0.6 is 31.9 Å². The van der Waals surface area contributed by atoms with Crippen LogP contribution in [0.15, 0.2) is 56.5 Å². The number of ether oxygens (including phenoxy) is 1. The van der Waals surface area contributed by atoms with E-state index in [1.54, 1.807) is 12.3 Å². The number of carbonyl (C=O) groups is 1. The fourth-order valence-electron chi connectivity index (χ4n) is 3.20. The molecule has 3 rings (SSSR count). The zero-order chi connectivity index (χ0) is 21.2. The van der Waals surface area contributed by atoms with E-state index in [-0.39, 0.29) is 18.1 Å². The molecule has 0 atom stereocenters. The summed E-state index contributed by atoms with van der Waals surface area (Å²) in [6, 6.07) is 11.7. The van der Waals surface area contributed by atoms with Gasteiger partial charge in [0, 0.05) is 22.8 Å². The first-order chi connectivity index (χ1) is 13.7. The molecule has 1 heterocycles. The highest BCUT2D eigenvalue weighted by Gasteiger charge is 2.28. The first-order valence-corrected chi connectivity index (χ1v) is 10.7. The second-order valence-electron chi connectivity index (χ2n) is 7.47. The minimum absolute atomic E-state index is 0.0233. The highest BCUT2D eigenvalue weighted by atomic mass is 79.9. The Balaban J connectivity index is 1.61. The van der Waals surface area contributed by atoms with Crippen molar-refractivity contribution < 1.29 is 9.53 Å². The van der Waals surface area contributed by atoms with E-state index in [4.69, 9.17) is 4.74 Å². The number of hydrogen-bond donors (Lipinski definition) is 1. The Kier molecular flexibility index (Phi) is 6.49. The molecule has 0 bridgehead atoms. The van der Waals surface area contributed by atoms with Gasteiger partial charge in [0.2, 0.25) is 0 Å². The van der Waals surface area contributed by atoms with Gasteiger partial charge in [-0.3, -0.25) is 4.79 Å². The number of hydrogen-bond acceptors (Lipinski definition) is 4. The number of fused-ring (bicyclic) bond motifs is 1. The van der Waals surface area contributed by atoms with Crippen molar-refractivity contribution in [3.63, 3.8) is 0 Å². The predicted octanol–water partition coefficient (Wildman–Crippen LogP) is 5.37. The maximum Gasteiger partial charge on any atom is 0.277 e. The van der Waals surface area contributed by atoms with Crippen molar-refractivity contribution in [3.8, 4) is 5.75 Å². The topological polar surface area (TPSA) is 53.9 Å². The molecule has 5 nitrogen and oxygen atoms in total. The Hall–Kier alpha value is -2.12. The van der Waals surface area contributed by atoms with Gasteiger partial charge in [0.15, 0.2) is 6.61 Å². The van der Waals surface area contributed by atoms with Gasteiger partial charge in [-0.1, -0.05) is 28.1 Å². The van der Waals surface area contributed by atoms with Crippen LogP contribution in [0.4, 0.5) is 5.69 Å². The number of carbonyl (C=O) groups excluding carboxylic acids is 1. The zero-order valence-electron chi connectivity index (χ0n) is 16.8. The molecule has 1 aliphatic heterocycles. The molecule has 29 heavy (non-hydrogen) atoms. The maximum absolute atomic E-state index is 12.0.